The van der Waals surface area contributed by atoms with Crippen molar-refractivity contribution in [2.75, 3.05) is 14.2 Å². The van der Waals surface area contributed by atoms with Crippen LogP contribution in [-0.2, 0) is 19.1 Å². The number of rotatable bonds is 4. The summed E-state index contributed by atoms with van der Waals surface area (Å²) >= 11 is 0.188. The predicted octanol–water partition coefficient (Wildman–Crippen LogP) is 1.66. The standard InChI is InChI=1S/C17H20O4Se/c1-12-9-17(15(18)20-2,16(19)21-3)10-13(12)11-22-14-7-5-4-6-8-14/h4-8,11-12H,9-10H2,1-3H3/b13-11+. The summed E-state index contributed by atoms with van der Waals surface area (Å²) in [6.07, 6.45) is 0.838. The Balaban J connectivity index is 2.22. The summed E-state index contributed by atoms with van der Waals surface area (Å²) in [7, 11) is 2.63. The Hall–Kier alpha value is -1.58. The first-order chi connectivity index (χ1) is 10.5. The molecular weight excluding hydrogens is 347 g/mol. The van der Waals surface area contributed by atoms with Gasteiger partial charge in [0.05, 0.1) is 0 Å². The van der Waals surface area contributed by atoms with Crippen molar-refractivity contribution in [2.45, 2.75) is 19.8 Å². The number of carbonyl (C=O) groups excluding carboxylic acids is 2. The molecule has 0 saturated heterocycles. The second-order valence-corrected chi connectivity index (χ2v) is 7.45. The second-order valence-electron chi connectivity index (χ2n) is 5.47. The van der Waals surface area contributed by atoms with E-state index in [4.69, 9.17) is 9.47 Å². The molecule has 2 rings (SSSR count). The van der Waals surface area contributed by atoms with Crippen LogP contribution in [0.2, 0.25) is 0 Å². The Labute approximate surface area is 137 Å². The molecule has 0 radical (unpaired) electrons. The fourth-order valence-electron chi connectivity index (χ4n) is 2.83. The third-order valence-corrected chi connectivity index (χ3v) is 6.06. The van der Waals surface area contributed by atoms with Crippen LogP contribution >= 0.6 is 0 Å². The number of allylic oxidation sites excluding steroid dienone is 1. The Morgan fingerprint density at radius 3 is 2.32 bits per heavy atom. The van der Waals surface area contributed by atoms with Gasteiger partial charge >= 0.3 is 137 Å². The average molecular weight is 367 g/mol. The van der Waals surface area contributed by atoms with Gasteiger partial charge in [-0.3, -0.25) is 0 Å². The van der Waals surface area contributed by atoms with Crippen LogP contribution in [0.15, 0.2) is 40.9 Å². The van der Waals surface area contributed by atoms with E-state index < -0.39 is 17.4 Å². The second kappa shape index (κ2) is 7.12. The van der Waals surface area contributed by atoms with E-state index in [9.17, 15) is 9.59 Å². The molecule has 0 aromatic heterocycles. The maximum absolute atomic E-state index is 12.2. The van der Waals surface area contributed by atoms with Crippen LogP contribution in [0, 0.1) is 11.3 Å². The summed E-state index contributed by atoms with van der Waals surface area (Å²) < 4.78 is 11.0. The zero-order valence-corrected chi connectivity index (χ0v) is 14.7. The van der Waals surface area contributed by atoms with Gasteiger partial charge in [0.15, 0.2) is 0 Å². The third kappa shape index (κ3) is 3.26. The summed E-state index contributed by atoms with van der Waals surface area (Å²) in [6, 6.07) is 10.2. The number of benzene rings is 1. The molecule has 4 nitrogen and oxygen atoms in total. The van der Waals surface area contributed by atoms with E-state index in [0.717, 1.165) is 5.57 Å². The monoisotopic (exact) mass is 368 g/mol. The first-order valence-electron chi connectivity index (χ1n) is 7.11. The van der Waals surface area contributed by atoms with Crippen molar-refractivity contribution < 1.29 is 19.1 Å². The van der Waals surface area contributed by atoms with Crippen molar-refractivity contribution in [2.24, 2.45) is 11.3 Å². The molecule has 0 amide bonds. The molecular formula is C17H20O4Se. The Bertz CT molecular complexity index is 564. The predicted molar refractivity (Wildman–Crippen MR) is 84.8 cm³/mol. The van der Waals surface area contributed by atoms with Crippen molar-refractivity contribution in [3.8, 4) is 0 Å². The number of esters is 2. The van der Waals surface area contributed by atoms with E-state index in [1.807, 2.05) is 25.1 Å². The summed E-state index contributed by atoms with van der Waals surface area (Å²) in [4.78, 5) is 26.5. The van der Waals surface area contributed by atoms with Gasteiger partial charge < -0.3 is 0 Å². The van der Waals surface area contributed by atoms with E-state index in [2.05, 4.69) is 17.1 Å². The van der Waals surface area contributed by atoms with Gasteiger partial charge in [0.25, 0.3) is 0 Å². The molecule has 1 aliphatic carbocycles. The fourth-order valence-corrected chi connectivity index (χ4v) is 4.76. The molecule has 0 heterocycles. The van der Waals surface area contributed by atoms with E-state index in [1.54, 1.807) is 0 Å². The number of hydrogen-bond acceptors (Lipinski definition) is 4. The number of methoxy groups -OCH3 is 2. The SMILES string of the molecule is COC(=O)C1(C(=O)OC)C/C(=C\[Se]c2ccccc2)C(C)C1. The van der Waals surface area contributed by atoms with Crippen LogP contribution in [-0.4, -0.2) is 41.1 Å². The van der Waals surface area contributed by atoms with Crippen molar-refractivity contribution in [1.29, 1.82) is 0 Å². The zero-order chi connectivity index (χ0) is 16.2. The van der Waals surface area contributed by atoms with E-state index in [-0.39, 0.29) is 20.9 Å². The molecule has 118 valence electrons. The van der Waals surface area contributed by atoms with Crippen LogP contribution < -0.4 is 4.46 Å². The molecule has 0 aliphatic heterocycles. The van der Waals surface area contributed by atoms with Gasteiger partial charge in [-0.15, -0.1) is 0 Å². The molecule has 1 atom stereocenters. The van der Waals surface area contributed by atoms with Crippen molar-refractivity contribution in [1.82, 2.24) is 0 Å². The molecule has 1 aromatic carbocycles. The Kier molecular flexibility index (Phi) is 5.43. The van der Waals surface area contributed by atoms with Gasteiger partial charge in [0.1, 0.15) is 0 Å². The molecule has 0 bridgehead atoms. The van der Waals surface area contributed by atoms with E-state index >= 15 is 0 Å². The van der Waals surface area contributed by atoms with Crippen LogP contribution in [0.5, 0.6) is 0 Å². The van der Waals surface area contributed by atoms with Crippen molar-refractivity contribution >= 4 is 31.4 Å². The molecule has 5 heteroatoms. The Morgan fingerprint density at radius 2 is 1.77 bits per heavy atom. The van der Waals surface area contributed by atoms with Crippen LogP contribution in [0.3, 0.4) is 0 Å². The number of ether oxygens (including phenoxy) is 2. The number of hydrogen-bond donors (Lipinski definition) is 0. The molecule has 1 saturated carbocycles. The minimum atomic E-state index is -1.18. The van der Waals surface area contributed by atoms with Crippen LogP contribution in [0.4, 0.5) is 0 Å². The van der Waals surface area contributed by atoms with Gasteiger partial charge in [-0.1, -0.05) is 0 Å². The normalized spacial score (nSPS) is 21.6. The zero-order valence-electron chi connectivity index (χ0n) is 13.0. The van der Waals surface area contributed by atoms with Crippen molar-refractivity contribution in [3.05, 3.63) is 40.9 Å². The summed E-state index contributed by atoms with van der Waals surface area (Å²) in [5.74, 6) is -0.826. The van der Waals surface area contributed by atoms with E-state index in [1.165, 1.54) is 18.7 Å². The van der Waals surface area contributed by atoms with Crippen LogP contribution in [0.1, 0.15) is 19.8 Å². The summed E-state index contributed by atoms with van der Waals surface area (Å²) in [5, 5.41) is 0. The average Bonchev–Trinajstić information content (AvgIpc) is 2.90. The van der Waals surface area contributed by atoms with Gasteiger partial charge in [0, 0.05) is 0 Å². The summed E-state index contributed by atoms with van der Waals surface area (Å²) in [6.45, 7) is 2.04. The van der Waals surface area contributed by atoms with Gasteiger partial charge in [-0.25, -0.2) is 0 Å². The molecule has 1 unspecified atom stereocenters. The van der Waals surface area contributed by atoms with E-state index in [0.29, 0.717) is 12.8 Å². The van der Waals surface area contributed by atoms with Gasteiger partial charge in [0.2, 0.25) is 0 Å². The summed E-state index contributed by atoms with van der Waals surface area (Å²) in [5.41, 5.74) is -0.0405. The molecule has 22 heavy (non-hydrogen) atoms. The quantitative estimate of drug-likeness (QED) is 0.462. The molecule has 1 aromatic rings. The molecule has 0 spiro atoms. The van der Waals surface area contributed by atoms with Crippen LogP contribution in [0.25, 0.3) is 0 Å². The molecule has 0 N–H and O–H groups in total. The Morgan fingerprint density at radius 1 is 1.18 bits per heavy atom. The fraction of sp³-hybridized carbons (Fsp3) is 0.412. The molecule has 1 aliphatic rings. The minimum absolute atomic E-state index is 0.170. The van der Waals surface area contributed by atoms with Gasteiger partial charge in [-0.2, -0.15) is 0 Å². The maximum atomic E-state index is 12.2. The van der Waals surface area contributed by atoms with Crippen molar-refractivity contribution in [3.63, 3.8) is 0 Å². The first-order valence-corrected chi connectivity index (χ1v) is 8.95. The third-order valence-electron chi connectivity index (χ3n) is 4.04. The first kappa shape index (κ1) is 16.8. The topological polar surface area (TPSA) is 52.6 Å². The number of carbonyl (C=O) groups is 2. The van der Waals surface area contributed by atoms with Gasteiger partial charge in [-0.05, 0) is 0 Å². The molecule has 1 fully saturated rings.